The Labute approximate surface area is 164 Å². The average Bonchev–Trinajstić information content (AvgIpc) is 1.85. The molecule has 0 radical (unpaired) electrons. The molecule has 0 bridgehead atoms. The Balaban J connectivity index is -0.0000000600. The molecule has 0 aliphatic heterocycles. The van der Waals surface area contributed by atoms with Crippen molar-refractivity contribution in [2.75, 3.05) is 6.61 Å². The monoisotopic (exact) mass is 280 g/mol. The van der Waals surface area contributed by atoms with Crippen LogP contribution in [0.15, 0.2) is 0 Å². The Morgan fingerprint density at radius 3 is 1.46 bits per heavy atom. The molecule has 2 unspecified atom stereocenters. The van der Waals surface area contributed by atoms with E-state index in [1.807, 2.05) is 6.92 Å². The minimum Gasteiger partial charge on any atom is -0.563 e. The second-order valence-electron chi connectivity index (χ2n) is 1.25. The summed E-state index contributed by atoms with van der Waals surface area (Å²) in [6.07, 6.45) is 0.875. The molecular formula is C3H8K2O6P2+2. The summed E-state index contributed by atoms with van der Waals surface area (Å²) in [6, 6.07) is 0. The van der Waals surface area contributed by atoms with Crippen LogP contribution in [-0.4, -0.2) is 11.7 Å². The summed E-state index contributed by atoms with van der Waals surface area (Å²) in [5.41, 5.74) is 0. The maximum Gasteiger partial charge on any atom is 1.00 e. The number of aliphatic hydroxyl groups excluding tert-OH is 1. The van der Waals surface area contributed by atoms with E-state index >= 15 is 0 Å². The van der Waals surface area contributed by atoms with Crippen LogP contribution < -0.4 is 113 Å². The molecule has 0 aromatic carbocycles. The van der Waals surface area contributed by atoms with E-state index in [-0.39, 0.29) is 103 Å². The van der Waals surface area contributed by atoms with Crippen LogP contribution in [0.2, 0.25) is 0 Å². The van der Waals surface area contributed by atoms with Gasteiger partial charge in [-0.05, 0) is 15.6 Å². The average molecular weight is 280 g/mol. The van der Waals surface area contributed by atoms with Crippen LogP contribution in [0, 0.1) is 0 Å². The van der Waals surface area contributed by atoms with Gasteiger partial charge in [-0.1, -0.05) is 6.92 Å². The molecular weight excluding hydrogens is 272 g/mol. The van der Waals surface area contributed by atoms with Gasteiger partial charge in [0.25, 0.3) is 0 Å². The molecule has 0 amide bonds. The fraction of sp³-hybridized carbons (Fsp3) is 1.00. The summed E-state index contributed by atoms with van der Waals surface area (Å²) in [7, 11) is -6.47. The first-order valence-corrected chi connectivity index (χ1v) is 4.81. The molecule has 0 heterocycles. The third-order valence-electron chi connectivity index (χ3n) is 0.357. The fourth-order valence-electron chi connectivity index (χ4n) is 0.0544. The number of hydrogen-bond donors (Lipinski definition) is 1. The Bertz CT molecular complexity index is 119. The van der Waals surface area contributed by atoms with Gasteiger partial charge >= 0.3 is 119 Å². The first-order valence-electron chi connectivity index (χ1n) is 2.62. The Kier molecular flexibility index (Phi) is 40.2. The number of aliphatic hydroxyl groups is 1. The van der Waals surface area contributed by atoms with Gasteiger partial charge in [0.1, 0.15) is 4.31 Å². The van der Waals surface area contributed by atoms with E-state index < -0.39 is 16.5 Å². The third-order valence-corrected chi connectivity index (χ3v) is 1.42. The van der Waals surface area contributed by atoms with E-state index in [9.17, 15) is 18.9 Å². The second-order valence-corrected chi connectivity index (χ2v) is 2.80. The van der Waals surface area contributed by atoms with Gasteiger partial charge < -0.3 is 14.9 Å². The van der Waals surface area contributed by atoms with Gasteiger partial charge in [-0.3, -0.25) is 0 Å². The van der Waals surface area contributed by atoms with E-state index in [1.54, 1.807) is 0 Å². The van der Waals surface area contributed by atoms with Crippen molar-refractivity contribution in [3.05, 3.63) is 0 Å². The Morgan fingerprint density at radius 2 is 1.46 bits per heavy atom. The van der Waals surface area contributed by atoms with Crippen molar-refractivity contribution in [1.82, 2.24) is 0 Å². The van der Waals surface area contributed by atoms with E-state index in [0.29, 0.717) is 6.61 Å². The molecule has 0 aliphatic rings. The van der Waals surface area contributed by atoms with Crippen molar-refractivity contribution in [2.24, 2.45) is 0 Å². The van der Waals surface area contributed by atoms with Crippen molar-refractivity contribution in [1.29, 1.82) is 0 Å². The number of rotatable bonds is 3. The molecule has 0 saturated heterocycles. The van der Waals surface area contributed by atoms with Crippen LogP contribution in [0.3, 0.4) is 0 Å². The summed E-state index contributed by atoms with van der Waals surface area (Å²) in [5.74, 6) is 0. The van der Waals surface area contributed by atoms with E-state index in [1.165, 1.54) is 0 Å². The third kappa shape index (κ3) is 39.3. The first-order chi connectivity index (χ1) is 5.04. The molecule has 0 aromatic rings. The van der Waals surface area contributed by atoms with Crippen LogP contribution in [0.5, 0.6) is 0 Å². The van der Waals surface area contributed by atoms with E-state index in [0.717, 1.165) is 6.42 Å². The van der Waals surface area contributed by atoms with E-state index in [4.69, 9.17) is 5.11 Å². The summed E-state index contributed by atoms with van der Waals surface area (Å²) < 4.78 is 21.6. The molecule has 0 aromatic heterocycles. The molecule has 6 nitrogen and oxygen atoms in total. The Hall–Kier alpha value is 3.31. The van der Waals surface area contributed by atoms with Crippen LogP contribution in [-0.2, 0) is 13.4 Å². The van der Waals surface area contributed by atoms with Gasteiger partial charge in [-0.25, -0.2) is 0 Å². The van der Waals surface area contributed by atoms with Crippen LogP contribution in [0.25, 0.3) is 0 Å². The summed E-state index contributed by atoms with van der Waals surface area (Å²) in [4.78, 5) is 18.5. The van der Waals surface area contributed by atoms with Crippen LogP contribution >= 0.6 is 16.5 Å². The maximum atomic E-state index is 9.24. The maximum absolute atomic E-state index is 9.24. The SMILES string of the molecule is CCCO.O=[P+]([O-])O[P+](=O)[O-].[K+].[K+]. The minimum atomic E-state index is -3.24. The van der Waals surface area contributed by atoms with Crippen molar-refractivity contribution in [3.8, 4) is 0 Å². The second kappa shape index (κ2) is 20.7. The predicted octanol–water partition coefficient (Wildman–Crippen LogP) is -6.56. The molecule has 13 heavy (non-hydrogen) atoms. The smallest absolute Gasteiger partial charge is 0.563 e. The van der Waals surface area contributed by atoms with E-state index in [2.05, 4.69) is 4.31 Å². The minimum absolute atomic E-state index is 0. The standard InChI is InChI=1S/C3H8O.2K.O5P2/c1-2-3-4;;;1-6(2)5-7(3)4/h4H,2-3H2,1H3;;;/q;2*+1;. The molecule has 1 N–H and O–H groups in total. The van der Waals surface area contributed by atoms with Crippen molar-refractivity contribution >= 4 is 16.5 Å². The molecule has 0 fully saturated rings. The zero-order valence-electron chi connectivity index (χ0n) is 7.80. The zero-order chi connectivity index (χ0) is 9.28. The van der Waals surface area contributed by atoms with Gasteiger partial charge in [0, 0.05) is 6.61 Å². The van der Waals surface area contributed by atoms with Gasteiger partial charge in [0.2, 0.25) is 0 Å². The molecule has 0 saturated carbocycles. The molecule has 0 rings (SSSR count). The quantitative estimate of drug-likeness (QED) is 0.406. The largest absolute Gasteiger partial charge is 1.00 e. The van der Waals surface area contributed by atoms with Crippen LogP contribution in [0.4, 0.5) is 0 Å². The first kappa shape index (κ1) is 25.2. The topological polar surface area (TPSA) is 110 Å². The fourth-order valence-corrected chi connectivity index (χ4v) is 0.490. The van der Waals surface area contributed by atoms with Crippen LogP contribution in [0.1, 0.15) is 13.3 Å². The van der Waals surface area contributed by atoms with Gasteiger partial charge in [0.15, 0.2) is 0 Å². The number of hydrogen-bond acceptors (Lipinski definition) is 6. The molecule has 0 aliphatic carbocycles. The van der Waals surface area contributed by atoms with Crippen molar-refractivity contribution in [2.45, 2.75) is 13.3 Å². The van der Waals surface area contributed by atoms with Gasteiger partial charge in [-0.2, -0.15) is 0 Å². The molecule has 66 valence electrons. The normalized spacial score (nSPS) is 9.54. The summed E-state index contributed by atoms with van der Waals surface area (Å²) in [5, 5.41) is 7.88. The molecule has 2 atom stereocenters. The van der Waals surface area contributed by atoms with Crippen molar-refractivity contribution < 1.29 is 131 Å². The zero-order valence-corrected chi connectivity index (χ0v) is 15.8. The predicted molar refractivity (Wildman–Crippen MR) is 33.7 cm³/mol. The van der Waals surface area contributed by atoms with Crippen molar-refractivity contribution in [3.63, 3.8) is 0 Å². The summed E-state index contributed by atoms with van der Waals surface area (Å²) >= 11 is 0. The Morgan fingerprint density at radius 1 is 1.23 bits per heavy atom. The molecule has 0 spiro atoms. The molecule has 10 heteroatoms. The van der Waals surface area contributed by atoms with Gasteiger partial charge in [0.05, 0.1) is 0 Å². The van der Waals surface area contributed by atoms with Gasteiger partial charge in [-0.15, -0.1) is 0 Å². The summed E-state index contributed by atoms with van der Waals surface area (Å²) in [6.45, 7) is 2.25.